The van der Waals surface area contributed by atoms with Crippen LogP contribution < -0.4 is 0 Å². The molecule has 69 heavy (non-hydrogen) atoms. The van der Waals surface area contributed by atoms with E-state index in [9.17, 15) is 0 Å². The Morgan fingerprint density at radius 1 is 0.478 bits per heavy atom. The minimum Gasteiger partial charge on any atom is -0.500 e. The van der Waals surface area contributed by atoms with Crippen LogP contribution in [0.2, 0.25) is 0 Å². The molecule has 8 aromatic carbocycles. The van der Waals surface area contributed by atoms with Crippen LogP contribution in [-0.4, -0.2) is 19.1 Å². The van der Waals surface area contributed by atoms with Crippen LogP contribution >= 0.6 is 0 Å². The number of benzene rings is 8. The molecule has 0 N–H and O–H groups in total. The van der Waals surface area contributed by atoms with Crippen molar-refractivity contribution < 1.29 is 28.6 Å². The van der Waals surface area contributed by atoms with Gasteiger partial charge in [-0.15, -0.1) is 53.6 Å². The monoisotopic (exact) mass is 1080 g/mol. The van der Waals surface area contributed by atoms with E-state index >= 15 is 0 Å². The molecule has 3 heterocycles. The van der Waals surface area contributed by atoms with Crippen molar-refractivity contribution in [3.63, 3.8) is 0 Å². The Kier molecular flexibility index (Phi) is 12.4. The second kappa shape index (κ2) is 19.6. The molecule has 1 radical (unpaired) electrons. The first kappa shape index (κ1) is 43.4. The fraction of sp³-hybridized carbons (Fsp3) is 0.206. The fourth-order valence-corrected chi connectivity index (χ4v) is 9.73. The van der Waals surface area contributed by atoms with Crippen LogP contribution in [0.1, 0.15) is 111 Å². The van der Waals surface area contributed by atoms with Crippen LogP contribution in [0.15, 0.2) is 168 Å². The Labute approximate surface area is 424 Å². The summed E-state index contributed by atoms with van der Waals surface area (Å²) < 4.78 is 35.1. The smallest absolute Gasteiger partial charge is 0.123 e. The molecule has 6 heteroatoms. The zero-order valence-corrected chi connectivity index (χ0v) is 42.8. The Balaban J connectivity index is 0.000000177. The van der Waals surface area contributed by atoms with Crippen molar-refractivity contribution in [2.75, 3.05) is 0 Å². The van der Waals surface area contributed by atoms with Crippen LogP contribution in [0.3, 0.4) is 0 Å². The standard InChI is InChI=1S/C32H29N2O.C31H29N2.Ir/c1-19(2)22-12-9-13-23(20(3)4)29(22)34-28-18-7-6-17-27(28)33-32(34)26-16-10-15-25-24-14-8-11-21(5)30(24)35-31(25)26;1-21(2)26-16-11-17-27(22(3)4)30(26)33-29-19-9-8-18-28(29)32-31(33)25-15-10-14-24(20-25)23-12-6-5-7-13-23;/h6-15,17-20H,1-5H3;5-14,16-22H,1-4H3;/q2*-1;/i5D3;;. The van der Waals surface area contributed by atoms with Crippen molar-refractivity contribution in [2.24, 2.45) is 0 Å². The van der Waals surface area contributed by atoms with Crippen molar-refractivity contribution in [2.45, 2.75) is 85.9 Å². The van der Waals surface area contributed by atoms with Crippen molar-refractivity contribution in [3.8, 4) is 45.3 Å². The van der Waals surface area contributed by atoms with Gasteiger partial charge in [0.1, 0.15) is 5.58 Å². The van der Waals surface area contributed by atoms with E-state index < -0.39 is 6.85 Å². The first-order valence-electron chi connectivity index (χ1n) is 25.4. The maximum absolute atomic E-state index is 8.04. The number of aryl methyl sites for hydroxylation is 1. The van der Waals surface area contributed by atoms with Gasteiger partial charge >= 0.3 is 0 Å². The van der Waals surface area contributed by atoms with E-state index in [1.807, 2.05) is 42.5 Å². The average molecular weight is 1080 g/mol. The Bertz CT molecular complexity index is 3680. The van der Waals surface area contributed by atoms with E-state index in [0.29, 0.717) is 40.4 Å². The molecule has 3 aromatic heterocycles. The number of hydrogen-bond acceptors (Lipinski definition) is 3. The molecule has 0 amide bonds. The van der Waals surface area contributed by atoms with Gasteiger partial charge in [0.25, 0.3) is 0 Å². The van der Waals surface area contributed by atoms with Crippen molar-refractivity contribution in [1.82, 2.24) is 19.1 Å². The van der Waals surface area contributed by atoms with Crippen LogP contribution in [0.25, 0.3) is 89.3 Å². The second-order valence-electron chi connectivity index (χ2n) is 18.9. The van der Waals surface area contributed by atoms with Gasteiger partial charge in [0.2, 0.25) is 0 Å². The molecule has 347 valence electrons. The van der Waals surface area contributed by atoms with E-state index in [0.717, 1.165) is 55.7 Å². The van der Waals surface area contributed by atoms with E-state index in [-0.39, 0.29) is 25.7 Å². The fourth-order valence-electron chi connectivity index (χ4n) is 9.73. The van der Waals surface area contributed by atoms with Gasteiger partial charge in [-0.25, -0.2) is 0 Å². The predicted molar refractivity (Wildman–Crippen MR) is 284 cm³/mol. The van der Waals surface area contributed by atoms with Crippen LogP contribution in [0.4, 0.5) is 0 Å². The van der Waals surface area contributed by atoms with E-state index in [4.69, 9.17) is 18.5 Å². The zero-order valence-electron chi connectivity index (χ0n) is 43.4. The van der Waals surface area contributed by atoms with Gasteiger partial charge in [0.15, 0.2) is 0 Å². The summed E-state index contributed by atoms with van der Waals surface area (Å²) in [6, 6.07) is 62.6. The largest absolute Gasteiger partial charge is 0.500 e. The molecular weight excluding hydrogens is 1020 g/mol. The molecule has 0 saturated heterocycles. The molecule has 0 spiro atoms. The van der Waals surface area contributed by atoms with Gasteiger partial charge < -0.3 is 13.6 Å². The van der Waals surface area contributed by atoms with Gasteiger partial charge in [-0.05, 0) is 88.2 Å². The van der Waals surface area contributed by atoms with Gasteiger partial charge in [-0.3, -0.25) is 9.97 Å². The second-order valence-corrected chi connectivity index (χ2v) is 18.9. The average Bonchev–Trinajstić information content (AvgIpc) is 4.08. The third kappa shape index (κ3) is 8.66. The summed E-state index contributed by atoms with van der Waals surface area (Å²) >= 11 is 0. The molecule has 0 unspecified atom stereocenters. The minimum absolute atomic E-state index is 0. The molecule has 5 nitrogen and oxygen atoms in total. The number of fused-ring (bicyclic) bond motifs is 5. The summed E-state index contributed by atoms with van der Waals surface area (Å²) in [6.07, 6.45) is 0. The summed E-state index contributed by atoms with van der Waals surface area (Å²) in [5, 5.41) is 1.62. The van der Waals surface area contributed by atoms with Gasteiger partial charge in [0.05, 0.1) is 39.3 Å². The maximum Gasteiger partial charge on any atom is 0.123 e. The topological polar surface area (TPSA) is 48.8 Å². The molecule has 0 saturated carbocycles. The maximum atomic E-state index is 8.04. The number of imidazole rings is 2. The van der Waals surface area contributed by atoms with Crippen molar-refractivity contribution >= 4 is 44.0 Å². The first-order valence-corrected chi connectivity index (χ1v) is 23.9. The summed E-state index contributed by atoms with van der Waals surface area (Å²) in [4.78, 5) is 10.2. The number of rotatable bonds is 9. The number of nitrogens with zero attached hydrogens (tertiary/aromatic N) is 4. The SMILES string of the molecule is CC(C)c1cccc(C(C)C)c1-n1c(-c2[c-]ccc(-c3ccccc3)c2)nc2ccccc21.[2H]C([2H])([2H])c1cccc2c1oc1c(-c3nc4ccccc4n3-c3c(C(C)C)cccc3C(C)C)[c-]ccc12.[Ir]. The Hall–Kier alpha value is -6.85. The minimum atomic E-state index is -2.28. The first-order chi connectivity index (χ1) is 34.2. The van der Waals surface area contributed by atoms with Crippen molar-refractivity contribution in [3.05, 3.63) is 204 Å². The molecule has 11 rings (SSSR count). The van der Waals surface area contributed by atoms with Gasteiger partial charge in [-0.2, -0.15) is 0 Å². The quantitative estimate of drug-likeness (QED) is 0.135. The van der Waals surface area contributed by atoms with E-state index in [1.54, 1.807) is 12.1 Å². The number of aromatic nitrogens is 4. The van der Waals surface area contributed by atoms with Crippen molar-refractivity contribution in [1.29, 1.82) is 0 Å². The zero-order chi connectivity index (χ0) is 49.7. The third-order valence-corrected chi connectivity index (χ3v) is 13.1. The van der Waals surface area contributed by atoms with Crippen LogP contribution in [0.5, 0.6) is 0 Å². The number of hydrogen-bond donors (Lipinski definition) is 0. The molecule has 0 bridgehead atoms. The van der Waals surface area contributed by atoms with E-state index in [1.165, 1.54) is 39.1 Å². The van der Waals surface area contributed by atoms with Crippen LogP contribution in [-0.2, 0) is 20.1 Å². The summed E-state index contributed by atoms with van der Waals surface area (Å²) in [7, 11) is 0. The van der Waals surface area contributed by atoms with Crippen LogP contribution in [0, 0.1) is 19.0 Å². The Morgan fingerprint density at radius 3 is 1.54 bits per heavy atom. The molecule has 0 aliphatic carbocycles. The van der Waals surface area contributed by atoms with Gasteiger partial charge in [0, 0.05) is 41.0 Å². The number of para-hydroxylation sites is 7. The third-order valence-electron chi connectivity index (χ3n) is 13.1. The van der Waals surface area contributed by atoms with E-state index in [2.05, 4.69) is 186 Å². The number of furan rings is 1. The molecule has 0 fully saturated rings. The molecule has 0 aliphatic heterocycles. The molecule has 0 atom stereocenters. The molecular formula is C63H58IrN4O-2. The molecule has 11 aromatic rings. The predicted octanol–water partition coefficient (Wildman–Crippen LogP) is 17.4. The summed E-state index contributed by atoms with van der Waals surface area (Å²) in [5.41, 5.74) is 16.8. The summed E-state index contributed by atoms with van der Waals surface area (Å²) in [6.45, 7) is 15.6. The normalized spacial score (nSPS) is 12.5. The molecule has 0 aliphatic rings. The Morgan fingerprint density at radius 2 is 0.971 bits per heavy atom. The summed E-state index contributed by atoms with van der Waals surface area (Å²) in [5.74, 6) is 3.04. The van der Waals surface area contributed by atoms with Gasteiger partial charge in [-0.1, -0.05) is 176 Å².